The van der Waals surface area contributed by atoms with Crippen LogP contribution < -0.4 is 15.8 Å². The summed E-state index contributed by atoms with van der Waals surface area (Å²) in [7, 11) is 1.65. The van der Waals surface area contributed by atoms with Gasteiger partial charge in [-0.25, -0.2) is 15.0 Å². The fourth-order valence-corrected chi connectivity index (χ4v) is 3.01. The van der Waals surface area contributed by atoms with Crippen molar-refractivity contribution in [1.29, 1.82) is 0 Å². The summed E-state index contributed by atoms with van der Waals surface area (Å²) < 4.78 is 5.18. The molecule has 0 fully saturated rings. The van der Waals surface area contributed by atoms with Crippen LogP contribution in [0.4, 0.5) is 5.82 Å². The number of anilines is 1. The Morgan fingerprint density at radius 1 is 1.10 bits per heavy atom. The lowest BCUT2D eigenvalue weighted by Crippen LogP contribution is -2.10. The molecule has 0 spiro atoms. The topological polar surface area (TPSA) is 119 Å². The maximum Gasteiger partial charge on any atom is 0.248 e. The second-order valence-electron chi connectivity index (χ2n) is 6.47. The van der Waals surface area contributed by atoms with Crippen molar-refractivity contribution < 1.29 is 9.53 Å². The van der Waals surface area contributed by atoms with Crippen molar-refractivity contribution in [3.63, 3.8) is 0 Å². The molecule has 8 heteroatoms. The van der Waals surface area contributed by atoms with Crippen molar-refractivity contribution in [2.24, 2.45) is 5.73 Å². The van der Waals surface area contributed by atoms with Crippen molar-refractivity contribution in [3.05, 3.63) is 66.0 Å². The zero-order valence-corrected chi connectivity index (χ0v) is 15.8. The van der Waals surface area contributed by atoms with Gasteiger partial charge >= 0.3 is 0 Å². The van der Waals surface area contributed by atoms with Crippen LogP contribution in [0.3, 0.4) is 0 Å². The highest BCUT2D eigenvalue weighted by molar-refractivity contribution is 5.93. The highest BCUT2D eigenvalue weighted by Gasteiger charge is 2.11. The van der Waals surface area contributed by atoms with Crippen LogP contribution >= 0.6 is 0 Å². The van der Waals surface area contributed by atoms with E-state index in [0.717, 1.165) is 23.3 Å². The third-order valence-corrected chi connectivity index (χ3v) is 4.60. The maximum absolute atomic E-state index is 11.2. The number of nitrogens with two attached hydrogens (primary N) is 1. The Kier molecular flexibility index (Phi) is 5.07. The zero-order valence-electron chi connectivity index (χ0n) is 15.8. The summed E-state index contributed by atoms with van der Waals surface area (Å²) in [5.41, 5.74) is 9.07. The number of primary amides is 1. The number of nitrogens with zero attached hydrogens (tertiary/aromatic N) is 3. The molecule has 4 N–H and O–H groups in total. The summed E-state index contributed by atoms with van der Waals surface area (Å²) >= 11 is 0. The molecule has 0 saturated heterocycles. The molecule has 0 aliphatic heterocycles. The summed E-state index contributed by atoms with van der Waals surface area (Å²) in [6.07, 6.45) is 2.32. The minimum Gasteiger partial charge on any atom is -0.497 e. The largest absolute Gasteiger partial charge is 0.497 e. The summed E-state index contributed by atoms with van der Waals surface area (Å²) in [6.45, 7) is 0.708. The molecule has 8 nitrogen and oxygen atoms in total. The number of carbonyl (C=O) groups is 1. The van der Waals surface area contributed by atoms with Gasteiger partial charge in [-0.05, 0) is 36.2 Å². The Hall–Kier alpha value is -3.94. The van der Waals surface area contributed by atoms with Crippen molar-refractivity contribution in [3.8, 4) is 17.1 Å². The van der Waals surface area contributed by atoms with E-state index in [1.54, 1.807) is 31.4 Å². The molecule has 2 heterocycles. The predicted molar refractivity (Wildman–Crippen MR) is 111 cm³/mol. The second-order valence-corrected chi connectivity index (χ2v) is 6.47. The number of H-pyrrole nitrogens is 1. The Labute approximate surface area is 167 Å². The first kappa shape index (κ1) is 18.4. The Morgan fingerprint density at radius 2 is 1.86 bits per heavy atom. The lowest BCUT2D eigenvalue weighted by molar-refractivity contribution is 0.100. The molecule has 0 unspecified atom stereocenters. The first-order valence-electron chi connectivity index (χ1n) is 9.12. The van der Waals surface area contributed by atoms with Crippen LogP contribution in [-0.2, 0) is 6.42 Å². The van der Waals surface area contributed by atoms with Crippen LogP contribution in [0.2, 0.25) is 0 Å². The van der Waals surface area contributed by atoms with E-state index in [9.17, 15) is 4.79 Å². The Balaban J connectivity index is 1.50. The van der Waals surface area contributed by atoms with E-state index in [4.69, 9.17) is 10.5 Å². The van der Waals surface area contributed by atoms with Crippen LogP contribution in [0, 0.1) is 0 Å². The van der Waals surface area contributed by atoms with Gasteiger partial charge in [0.2, 0.25) is 5.91 Å². The van der Waals surface area contributed by atoms with Gasteiger partial charge in [0.25, 0.3) is 0 Å². The molecule has 0 aliphatic rings. The fraction of sp³-hybridized carbons (Fsp3) is 0.143. The number of nitrogens with one attached hydrogen (secondary N) is 2. The second kappa shape index (κ2) is 7.97. The zero-order chi connectivity index (χ0) is 20.2. The summed E-state index contributed by atoms with van der Waals surface area (Å²) in [5, 5.41) is 3.34. The molecule has 0 saturated carbocycles. The monoisotopic (exact) mass is 388 g/mol. The van der Waals surface area contributed by atoms with Gasteiger partial charge in [0.05, 0.1) is 7.11 Å². The van der Waals surface area contributed by atoms with Gasteiger partial charge in [0, 0.05) is 17.7 Å². The average molecular weight is 388 g/mol. The minimum absolute atomic E-state index is 0.450. The van der Waals surface area contributed by atoms with Gasteiger partial charge in [-0.1, -0.05) is 24.3 Å². The van der Waals surface area contributed by atoms with Crippen LogP contribution in [0.25, 0.3) is 22.6 Å². The average Bonchev–Trinajstić information content (AvgIpc) is 3.19. The van der Waals surface area contributed by atoms with E-state index in [-0.39, 0.29) is 0 Å². The smallest absolute Gasteiger partial charge is 0.248 e. The van der Waals surface area contributed by atoms with E-state index in [2.05, 4.69) is 25.3 Å². The number of aromatic nitrogens is 4. The van der Waals surface area contributed by atoms with E-state index in [0.29, 0.717) is 29.4 Å². The molecule has 29 heavy (non-hydrogen) atoms. The number of fused-ring (bicyclic) bond motifs is 1. The van der Waals surface area contributed by atoms with E-state index >= 15 is 0 Å². The van der Waals surface area contributed by atoms with Gasteiger partial charge < -0.3 is 20.8 Å². The van der Waals surface area contributed by atoms with Crippen LogP contribution in [-0.4, -0.2) is 39.5 Å². The van der Waals surface area contributed by atoms with Gasteiger partial charge in [-0.3, -0.25) is 4.79 Å². The number of imidazole rings is 1. The van der Waals surface area contributed by atoms with Crippen molar-refractivity contribution in [2.75, 3.05) is 19.0 Å². The summed E-state index contributed by atoms with van der Waals surface area (Å²) in [6, 6.07) is 14.9. The van der Waals surface area contributed by atoms with Crippen LogP contribution in [0.15, 0.2) is 54.9 Å². The molecular weight excluding hydrogens is 368 g/mol. The van der Waals surface area contributed by atoms with E-state index < -0.39 is 5.91 Å². The lowest BCUT2D eigenvalue weighted by atomic mass is 10.1. The van der Waals surface area contributed by atoms with Crippen molar-refractivity contribution in [2.45, 2.75) is 6.42 Å². The van der Waals surface area contributed by atoms with Gasteiger partial charge in [0.1, 0.15) is 23.4 Å². The standard InChI is InChI=1S/C21H20N6O2/c1-29-16-8-2-13(3-9-16)10-11-23-20-17-21(25-12-24-20)27-19(26-17)15-6-4-14(5-7-15)18(22)28/h2-9,12H,10-11H2,1H3,(H2,22,28)(H2,23,24,25,26,27). The molecule has 2 aromatic heterocycles. The van der Waals surface area contributed by atoms with E-state index in [1.807, 2.05) is 24.3 Å². The van der Waals surface area contributed by atoms with Crippen LogP contribution in [0.5, 0.6) is 5.75 Å². The van der Waals surface area contributed by atoms with Crippen LogP contribution in [0.1, 0.15) is 15.9 Å². The highest BCUT2D eigenvalue weighted by atomic mass is 16.5. The summed E-state index contributed by atoms with van der Waals surface area (Å²) in [4.78, 5) is 27.6. The SMILES string of the molecule is COc1ccc(CCNc2ncnc3nc(-c4ccc(C(N)=O)cc4)[nH]c23)cc1. The molecule has 0 bridgehead atoms. The van der Waals surface area contributed by atoms with Gasteiger partial charge in [0.15, 0.2) is 11.5 Å². The first-order valence-corrected chi connectivity index (χ1v) is 9.12. The molecule has 4 aromatic rings. The fourth-order valence-electron chi connectivity index (χ4n) is 3.01. The number of benzene rings is 2. The lowest BCUT2D eigenvalue weighted by Gasteiger charge is -2.07. The third kappa shape index (κ3) is 4.01. The number of hydrogen-bond acceptors (Lipinski definition) is 6. The molecular formula is C21H20N6O2. The van der Waals surface area contributed by atoms with Crippen molar-refractivity contribution in [1.82, 2.24) is 19.9 Å². The molecule has 0 aliphatic carbocycles. The Bertz CT molecular complexity index is 1140. The quantitative estimate of drug-likeness (QED) is 0.448. The highest BCUT2D eigenvalue weighted by Crippen LogP contribution is 2.23. The summed E-state index contributed by atoms with van der Waals surface area (Å²) in [5.74, 6) is 1.72. The maximum atomic E-state index is 11.2. The number of amides is 1. The van der Waals surface area contributed by atoms with Gasteiger partial charge in [-0.15, -0.1) is 0 Å². The Morgan fingerprint density at radius 3 is 2.55 bits per heavy atom. The molecule has 2 aromatic carbocycles. The molecule has 1 amide bonds. The number of rotatable bonds is 7. The number of hydrogen-bond donors (Lipinski definition) is 3. The first-order chi connectivity index (χ1) is 14.1. The molecule has 146 valence electrons. The van der Waals surface area contributed by atoms with E-state index in [1.165, 1.54) is 11.9 Å². The van der Waals surface area contributed by atoms with Crippen molar-refractivity contribution >= 4 is 22.9 Å². The number of methoxy groups -OCH3 is 1. The molecule has 0 atom stereocenters. The predicted octanol–water partition coefficient (Wildman–Crippen LogP) is 2.78. The number of carbonyl (C=O) groups excluding carboxylic acids is 1. The van der Waals surface area contributed by atoms with Gasteiger partial charge in [-0.2, -0.15) is 0 Å². The number of aromatic amines is 1. The molecule has 0 radical (unpaired) electrons. The normalized spacial score (nSPS) is 10.8. The third-order valence-electron chi connectivity index (χ3n) is 4.60. The number of ether oxygens (including phenoxy) is 1. The minimum atomic E-state index is -0.463. The molecule has 4 rings (SSSR count).